The number of nitrogens with zero attached hydrogens (tertiary/aromatic N) is 1. The lowest BCUT2D eigenvalue weighted by Gasteiger charge is -2.14. The number of methoxy groups -OCH3 is 2. The molecule has 6 heteroatoms. The van der Waals surface area contributed by atoms with Crippen LogP contribution in [0.3, 0.4) is 0 Å². The van der Waals surface area contributed by atoms with Crippen LogP contribution in [0.5, 0.6) is 11.5 Å². The van der Waals surface area contributed by atoms with E-state index in [2.05, 4.69) is 10.3 Å². The molecule has 33 heavy (non-hydrogen) atoms. The normalized spacial score (nSPS) is 11.5. The number of allylic oxidation sites excluding steroid dienone is 1. The van der Waals surface area contributed by atoms with Gasteiger partial charge in [0, 0.05) is 39.9 Å². The number of nitrogens with one attached hydrogen (secondary N) is 1. The molecule has 1 N–H and O–H groups in total. The Morgan fingerprint density at radius 1 is 1.06 bits per heavy atom. The SMILES string of the molecule is COc1ccccc1-c1coc2c(C)c(OC)c(/C(C)=C/C(=O)Nc3ncccc3C)cc12. The summed E-state index contributed by atoms with van der Waals surface area (Å²) < 4.78 is 17.2. The molecule has 2 aromatic heterocycles. The van der Waals surface area contributed by atoms with Crippen molar-refractivity contribution < 1.29 is 18.7 Å². The predicted molar refractivity (Wildman–Crippen MR) is 131 cm³/mol. The van der Waals surface area contributed by atoms with Gasteiger partial charge >= 0.3 is 0 Å². The lowest BCUT2D eigenvalue weighted by atomic mass is 9.96. The summed E-state index contributed by atoms with van der Waals surface area (Å²) in [6.07, 6.45) is 4.94. The summed E-state index contributed by atoms with van der Waals surface area (Å²) in [6.45, 7) is 5.74. The smallest absolute Gasteiger partial charge is 0.249 e. The van der Waals surface area contributed by atoms with E-state index >= 15 is 0 Å². The summed E-state index contributed by atoms with van der Waals surface area (Å²) in [6, 6.07) is 13.5. The predicted octanol–water partition coefficient (Wildman–Crippen LogP) is 6.17. The number of pyridine rings is 1. The van der Waals surface area contributed by atoms with Crippen LogP contribution >= 0.6 is 0 Å². The van der Waals surface area contributed by atoms with Gasteiger partial charge in [-0.25, -0.2) is 4.98 Å². The number of carbonyl (C=O) groups is 1. The third-order valence-corrected chi connectivity index (χ3v) is 5.67. The average Bonchev–Trinajstić information content (AvgIpc) is 3.24. The van der Waals surface area contributed by atoms with E-state index in [0.29, 0.717) is 11.6 Å². The van der Waals surface area contributed by atoms with Crippen LogP contribution in [0.25, 0.3) is 27.7 Å². The van der Waals surface area contributed by atoms with E-state index in [1.807, 2.05) is 63.2 Å². The second-order valence-electron chi connectivity index (χ2n) is 7.79. The zero-order valence-corrected chi connectivity index (χ0v) is 19.4. The van der Waals surface area contributed by atoms with E-state index in [-0.39, 0.29) is 5.91 Å². The second-order valence-corrected chi connectivity index (χ2v) is 7.79. The summed E-state index contributed by atoms with van der Waals surface area (Å²) in [5.41, 5.74) is 5.91. The van der Waals surface area contributed by atoms with Crippen LogP contribution < -0.4 is 14.8 Å². The maximum absolute atomic E-state index is 12.7. The van der Waals surface area contributed by atoms with Crippen molar-refractivity contribution in [3.63, 3.8) is 0 Å². The van der Waals surface area contributed by atoms with E-state index in [1.54, 1.807) is 32.8 Å². The maximum Gasteiger partial charge on any atom is 0.249 e. The number of anilines is 1. The van der Waals surface area contributed by atoms with Crippen LogP contribution in [0.15, 0.2) is 65.4 Å². The first-order valence-corrected chi connectivity index (χ1v) is 10.6. The zero-order chi connectivity index (χ0) is 23.5. The molecule has 0 radical (unpaired) electrons. The third kappa shape index (κ3) is 4.20. The minimum absolute atomic E-state index is 0.258. The topological polar surface area (TPSA) is 73.6 Å². The fourth-order valence-electron chi connectivity index (χ4n) is 3.99. The van der Waals surface area contributed by atoms with Crippen molar-refractivity contribution in [2.45, 2.75) is 20.8 Å². The number of hydrogen-bond acceptors (Lipinski definition) is 5. The standard InChI is InChI=1S/C27H26N2O4/c1-16-9-8-12-28-27(16)29-24(30)13-17(2)20-14-21-22(19-10-6-7-11-23(19)31-4)15-33-26(21)18(3)25(20)32-5/h6-15H,1-5H3,(H,28,29,30)/b17-13+. The molecule has 1 amide bonds. The Kier molecular flexibility index (Phi) is 6.18. The molecule has 0 aliphatic heterocycles. The van der Waals surface area contributed by atoms with E-state index in [4.69, 9.17) is 13.9 Å². The zero-order valence-electron chi connectivity index (χ0n) is 19.4. The van der Waals surface area contributed by atoms with Gasteiger partial charge in [0.25, 0.3) is 0 Å². The summed E-state index contributed by atoms with van der Waals surface area (Å²) >= 11 is 0. The largest absolute Gasteiger partial charge is 0.496 e. The summed E-state index contributed by atoms with van der Waals surface area (Å²) in [5.74, 6) is 1.70. The lowest BCUT2D eigenvalue weighted by Crippen LogP contribution is -2.11. The Bertz CT molecular complexity index is 1370. The molecule has 0 saturated heterocycles. The molecule has 2 aromatic carbocycles. The molecule has 6 nitrogen and oxygen atoms in total. The van der Waals surface area contributed by atoms with Crippen LogP contribution in [0.2, 0.25) is 0 Å². The van der Waals surface area contributed by atoms with Gasteiger partial charge in [-0.3, -0.25) is 4.79 Å². The molecular formula is C27H26N2O4. The van der Waals surface area contributed by atoms with Crippen LogP contribution in [-0.4, -0.2) is 25.1 Å². The molecular weight excluding hydrogens is 416 g/mol. The van der Waals surface area contributed by atoms with Crippen molar-refractivity contribution >= 4 is 28.3 Å². The molecule has 4 rings (SSSR count). The van der Waals surface area contributed by atoms with Gasteiger partial charge in [-0.1, -0.05) is 24.3 Å². The number of para-hydroxylation sites is 1. The Labute approximate surface area is 192 Å². The highest BCUT2D eigenvalue weighted by molar-refractivity contribution is 6.06. The fourth-order valence-corrected chi connectivity index (χ4v) is 3.99. The van der Waals surface area contributed by atoms with Gasteiger partial charge in [-0.05, 0) is 50.1 Å². The summed E-state index contributed by atoms with van der Waals surface area (Å²) in [4.78, 5) is 16.9. The highest BCUT2D eigenvalue weighted by Gasteiger charge is 2.20. The molecule has 0 bridgehead atoms. The van der Waals surface area contributed by atoms with E-state index < -0.39 is 0 Å². The molecule has 0 atom stereocenters. The molecule has 4 aromatic rings. The van der Waals surface area contributed by atoms with Gasteiger partial charge in [-0.15, -0.1) is 0 Å². The Morgan fingerprint density at radius 2 is 1.85 bits per heavy atom. The third-order valence-electron chi connectivity index (χ3n) is 5.67. The van der Waals surface area contributed by atoms with E-state index in [1.165, 1.54) is 0 Å². The first kappa shape index (κ1) is 22.1. The number of amides is 1. The first-order valence-electron chi connectivity index (χ1n) is 10.6. The van der Waals surface area contributed by atoms with Crippen LogP contribution in [0.4, 0.5) is 5.82 Å². The molecule has 0 saturated carbocycles. The van der Waals surface area contributed by atoms with Crippen LogP contribution in [0, 0.1) is 13.8 Å². The number of aryl methyl sites for hydroxylation is 2. The fraction of sp³-hybridized carbons (Fsp3) is 0.185. The number of carbonyl (C=O) groups excluding carboxylic acids is 1. The van der Waals surface area contributed by atoms with Gasteiger partial charge in [0.1, 0.15) is 22.9 Å². The Morgan fingerprint density at radius 3 is 2.58 bits per heavy atom. The van der Waals surface area contributed by atoms with Gasteiger partial charge in [0.2, 0.25) is 5.91 Å². The lowest BCUT2D eigenvalue weighted by molar-refractivity contribution is -0.111. The highest BCUT2D eigenvalue weighted by atomic mass is 16.5. The maximum atomic E-state index is 12.7. The Balaban J connectivity index is 1.80. The first-order chi connectivity index (χ1) is 15.9. The van der Waals surface area contributed by atoms with Gasteiger partial charge in [0.05, 0.1) is 20.5 Å². The number of benzene rings is 2. The molecule has 0 aliphatic rings. The highest BCUT2D eigenvalue weighted by Crippen LogP contribution is 2.42. The van der Waals surface area contributed by atoms with Gasteiger partial charge < -0.3 is 19.2 Å². The number of rotatable bonds is 6. The number of hydrogen-bond donors (Lipinski definition) is 1. The summed E-state index contributed by atoms with van der Waals surface area (Å²) in [5, 5.41) is 3.76. The minimum atomic E-state index is -0.258. The molecule has 0 spiro atoms. The molecule has 2 heterocycles. The van der Waals surface area contributed by atoms with E-state index in [0.717, 1.165) is 50.1 Å². The Hall–Kier alpha value is -4.06. The van der Waals surface area contributed by atoms with Crippen molar-refractivity contribution in [2.75, 3.05) is 19.5 Å². The number of ether oxygens (including phenoxy) is 2. The number of aromatic nitrogens is 1. The number of furan rings is 1. The van der Waals surface area contributed by atoms with E-state index in [9.17, 15) is 4.79 Å². The summed E-state index contributed by atoms with van der Waals surface area (Å²) in [7, 11) is 3.27. The van der Waals surface area contributed by atoms with Crippen molar-refractivity contribution in [3.8, 4) is 22.6 Å². The van der Waals surface area contributed by atoms with Crippen molar-refractivity contribution in [3.05, 3.63) is 77.7 Å². The van der Waals surface area contributed by atoms with Crippen LogP contribution in [0.1, 0.15) is 23.6 Å². The minimum Gasteiger partial charge on any atom is -0.496 e. The number of fused-ring (bicyclic) bond motifs is 1. The molecule has 0 fully saturated rings. The van der Waals surface area contributed by atoms with Crippen molar-refractivity contribution in [2.24, 2.45) is 0 Å². The average molecular weight is 443 g/mol. The van der Waals surface area contributed by atoms with Gasteiger partial charge in [0.15, 0.2) is 0 Å². The van der Waals surface area contributed by atoms with Gasteiger partial charge in [-0.2, -0.15) is 0 Å². The van der Waals surface area contributed by atoms with Crippen molar-refractivity contribution in [1.29, 1.82) is 0 Å². The molecule has 0 aliphatic carbocycles. The van der Waals surface area contributed by atoms with Crippen molar-refractivity contribution in [1.82, 2.24) is 4.98 Å². The molecule has 168 valence electrons. The monoisotopic (exact) mass is 442 g/mol. The second kappa shape index (κ2) is 9.20. The molecule has 0 unspecified atom stereocenters. The quantitative estimate of drug-likeness (QED) is 0.362. The van der Waals surface area contributed by atoms with Crippen LogP contribution in [-0.2, 0) is 4.79 Å².